The fourth-order valence-electron chi connectivity index (χ4n) is 1.99. The largest absolute Gasteiger partial charge is 0.484 e. The van der Waals surface area contributed by atoms with E-state index in [1.54, 1.807) is 18.2 Å². The monoisotopic (exact) mass is 330 g/mol. The number of amides is 2. The highest BCUT2D eigenvalue weighted by molar-refractivity contribution is 5.83. The van der Waals surface area contributed by atoms with Crippen molar-refractivity contribution < 1.29 is 18.7 Å². The number of nitrogens with one attached hydrogen (secondary N) is 2. The van der Waals surface area contributed by atoms with Crippen molar-refractivity contribution in [1.29, 1.82) is 0 Å². The van der Waals surface area contributed by atoms with E-state index >= 15 is 0 Å². The molecule has 0 saturated heterocycles. The second-order valence-electron chi connectivity index (χ2n) is 5.40. The molecule has 0 aliphatic heterocycles. The Morgan fingerprint density at radius 2 is 1.71 bits per heavy atom. The summed E-state index contributed by atoms with van der Waals surface area (Å²) in [6.45, 7) is 3.70. The number of hydrogen-bond donors (Lipinski definition) is 2. The Morgan fingerprint density at radius 1 is 1.00 bits per heavy atom. The van der Waals surface area contributed by atoms with Gasteiger partial charge in [0.25, 0.3) is 5.91 Å². The molecular formula is C18H19FN2O3. The van der Waals surface area contributed by atoms with E-state index in [1.165, 1.54) is 12.1 Å². The second kappa shape index (κ2) is 8.10. The molecule has 0 unspecified atom stereocenters. The standard InChI is InChI=1S/C18H19FN2O3/c1-12-7-8-15(9-13(12)2)24-11-18(23)21-20-17(22)10-14-5-3-4-6-16(14)19/h3-9H,10-11H2,1-2H3,(H,20,22)(H,21,23). The van der Waals surface area contributed by atoms with Crippen LogP contribution in [0.3, 0.4) is 0 Å². The van der Waals surface area contributed by atoms with Crippen molar-refractivity contribution in [1.82, 2.24) is 10.9 Å². The summed E-state index contributed by atoms with van der Waals surface area (Å²) in [5.41, 5.74) is 6.91. The average molecular weight is 330 g/mol. The number of hydrogen-bond acceptors (Lipinski definition) is 3. The normalized spacial score (nSPS) is 10.1. The molecule has 2 amide bonds. The van der Waals surface area contributed by atoms with Crippen LogP contribution in [0.5, 0.6) is 5.75 Å². The summed E-state index contributed by atoms with van der Waals surface area (Å²) in [5, 5.41) is 0. The van der Waals surface area contributed by atoms with Crippen LogP contribution in [-0.4, -0.2) is 18.4 Å². The van der Waals surface area contributed by atoms with E-state index in [0.29, 0.717) is 5.75 Å². The number of halogens is 1. The topological polar surface area (TPSA) is 67.4 Å². The molecule has 6 heteroatoms. The van der Waals surface area contributed by atoms with Gasteiger partial charge in [0.2, 0.25) is 5.91 Å². The Labute approximate surface area is 139 Å². The van der Waals surface area contributed by atoms with Gasteiger partial charge in [-0.2, -0.15) is 0 Å². The van der Waals surface area contributed by atoms with Crippen molar-refractivity contribution in [2.75, 3.05) is 6.61 Å². The lowest BCUT2D eigenvalue weighted by molar-refractivity contribution is -0.129. The van der Waals surface area contributed by atoms with Gasteiger partial charge in [-0.25, -0.2) is 4.39 Å². The van der Waals surface area contributed by atoms with Gasteiger partial charge in [-0.1, -0.05) is 24.3 Å². The summed E-state index contributed by atoms with van der Waals surface area (Å²) in [6, 6.07) is 11.5. The summed E-state index contributed by atoms with van der Waals surface area (Å²) in [5.74, 6) is -0.905. The number of benzene rings is 2. The van der Waals surface area contributed by atoms with Crippen LogP contribution in [-0.2, 0) is 16.0 Å². The molecule has 0 aliphatic rings. The first-order valence-corrected chi connectivity index (χ1v) is 7.47. The van der Waals surface area contributed by atoms with Crippen LogP contribution < -0.4 is 15.6 Å². The Hall–Kier alpha value is -2.89. The van der Waals surface area contributed by atoms with Gasteiger partial charge < -0.3 is 4.74 Å². The van der Waals surface area contributed by atoms with E-state index < -0.39 is 17.6 Å². The molecule has 2 rings (SSSR count). The third kappa shape index (κ3) is 5.08. The van der Waals surface area contributed by atoms with Crippen LogP contribution >= 0.6 is 0 Å². The zero-order valence-electron chi connectivity index (χ0n) is 13.6. The molecule has 5 nitrogen and oxygen atoms in total. The van der Waals surface area contributed by atoms with Crippen molar-refractivity contribution in [3.05, 3.63) is 65.0 Å². The molecule has 24 heavy (non-hydrogen) atoms. The van der Waals surface area contributed by atoms with Gasteiger partial charge in [0.15, 0.2) is 6.61 Å². The van der Waals surface area contributed by atoms with Crippen molar-refractivity contribution in [3.8, 4) is 5.75 Å². The minimum Gasteiger partial charge on any atom is -0.484 e. The predicted molar refractivity (Wildman–Crippen MR) is 87.8 cm³/mol. The van der Waals surface area contributed by atoms with Crippen LogP contribution in [0.15, 0.2) is 42.5 Å². The highest BCUT2D eigenvalue weighted by atomic mass is 19.1. The zero-order chi connectivity index (χ0) is 17.5. The molecule has 0 bridgehead atoms. The first-order valence-electron chi connectivity index (χ1n) is 7.47. The maximum Gasteiger partial charge on any atom is 0.276 e. The Balaban J connectivity index is 1.75. The number of aryl methyl sites for hydroxylation is 2. The Morgan fingerprint density at radius 3 is 2.42 bits per heavy atom. The van der Waals surface area contributed by atoms with Crippen LogP contribution in [0.25, 0.3) is 0 Å². The Bertz CT molecular complexity index is 747. The minimum atomic E-state index is -0.514. The lowest BCUT2D eigenvalue weighted by Gasteiger charge is -2.10. The third-order valence-electron chi connectivity index (χ3n) is 3.50. The van der Waals surface area contributed by atoms with E-state index in [4.69, 9.17) is 4.74 Å². The minimum absolute atomic E-state index is 0.162. The summed E-state index contributed by atoms with van der Waals surface area (Å²) in [6.07, 6.45) is -0.162. The summed E-state index contributed by atoms with van der Waals surface area (Å²) in [4.78, 5) is 23.4. The molecule has 0 spiro atoms. The highest BCUT2D eigenvalue weighted by Gasteiger charge is 2.09. The van der Waals surface area contributed by atoms with E-state index in [9.17, 15) is 14.0 Å². The summed E-state index contributed by atoms with van der Waals surface area (Å²) >= 11 is 0. The lowest BCUT2D eigenvalue weighted by Crippen LogP contribution is -2.44. The van der Waals surface area contributed by atoms with E-state index in [-0.39, 0.29) is 18.6 Å². The molecule has 0 aliphatic carbocycles. The smallest absolute Gasteiger partial charge is 0.276 e. The predicted octanol–water partition coefficient (Wildman–Crippen LogP) is 2.21. The summed E-state index contributed by atoms with van der Waals surface area (Å²) in [7, 11) is 0. The van der Waals surface area contributed by atoms with Gasteiger partial charge >= 0.3 is 0 Å². The lowest BCUT2D eigenvalue weighted by atomic mass is 10.1. The SMILES string of the molecule is Cc1ccc(OCC(=O)NNC(=O)Cc2ccccc2F)cc1C. The van der Waals surface area contributed by atoms with E-state index in [2.05, 4.69) is 10.9 Å². The number of ether oxygens (including phenoxy) is 1. The van der Waals surface area contributed by atoms with Crippen molar-refractivity contribution in [2.45, 2.75) is 20.3 Å². The number of hydrazine groups is 1. The molecule has 2 N–H and O–H groups in total. The third-order valence-corrected chi connectivity index (χ3v) is 3.50. The van der Waals surface area contributed by atoms with Crippen LogP contribution in [0.4, 0.5) is 4.39 Å². The van der Waals surface area contributed by atoms with Gasteiger partial charge in [0.1, 0.15) is 11.6 Å². The van der Waals surface area contributed by atoms with E-state index in [1.807, 2.05) is 26.0 Å². The Kier molecular flexibility index (Phi) is 5.89. The zero-order valence-corrected chi connectivity index (χ0v) is 13.6. The number of carbonyl (C=O) groups excluding carboxylic acids is 2. The number of rotatable bonds is 5. The molecule has 2 aromatic rings. The molecule has 0 aromatic heterocycles. The van der Waals surface area contributed by atoms with Gasteiger partial charge in [-0.15, -0.1) is 0 Å². The van der Waals surface area contributed by atoms with Gasteiger partial charge in [0, 0.05) is 0 Å². The molecule has 2 aromatic carbocycles. The van der Waals surface area contributed by atoms with E-state index in [0.717, 1.165) is 11.1 Å². The molecule has 126 valence electrons. The maximum atomic E-state index is 13.4. The molecule has 0 heterocycles. The maximum absolute atomic E-state index is 13.4. The molecule has 0 saturated carbocycles. The fraction of sp³-hybridized carbons (Fsp3) is 0.222. The quantitative estimate of drug-likeness (QED) is 0.826. The average Bonchev–Trinajstić information content (AvgIpc) is 2.56. The van der Waals surface area contributed by atoms with Crippen molar-refractivity contribution >= 4 is 11.8 Å². The fourth-order valence-corrected chi connectivity index (χ4v) is 1.99. The first kappa shape index (κ1) is 17.5. The van der Waals surface area contributed by atoms with Crippen LogP contribution in [0, 0.1) is 19.7 Å². The number of carbonyl (C=O) groups is 2. The van der Waals surface area contributed by atoms with Crippen molar-refractivity contribution in [2.24, 2.45) is 0 Å². The van der Waals surface area contributed by atoms with Gasteiger partial charge in [-0.3, -0.25) is 20.4 Å². The highest BCUT2D eigenvalue weighted by Crippen LogP contribution is 2.16. The molecule has 0 atom stereocenters. The van der Waals surface area contributed by atoms with Crippen LogP contribution in [0.2, 0.25) is 0 Å². The second-order valence-corrected chi connectivity index (χ2v) is 5.40. The first-order chi connectivity index (χ1) is 11.5. The van der Waals surface area contributed by atoms with Gasteiger partial charge in [0.05, 0.1) is 6.42 Å². The van der Waals surface area contributed by atoms with Gasteiger partial charge in [-0.05, 0) is 48.7 Å². The molecular weight excluding hydrogens is 311 g/mol. The molecule has 0 radical (unpaired) electrons. The van der Waals surface area contributed by atoms with Crippen molar-refractivity contribution in [3.63, 3.8) is 0 Å². The summed E-state index contributed by atoms with van der Waals surface area (Å²) < 4.78 is 18.8. The molecule has 0 fully saturated rings. The van der Waals surface area contributed by atoms with Crippen LogP contribution in [0.1, 0.15) is 16.7 Å².